The van der Waals surface area contributed by atoms with Crippen molar-refractivity contribution in [2.24, 2.45) is 0 Å². The van der Waals surface area contributed by atoms with Crippen molar-refractivity contribution in [3.8, 4) is 0 Å². The van der Waals surface area contributed by atoms with Gasteiger partial charge in [-0.15, -0.1) is 0 Å². The maximum absolute atomic E-state index is 11.6. The van der Waals surface area contributed by atoms with Gasteiger partial charge in [-0.05, 0) is 0 Å². The van der Waals surface area contributed by atoms with Crippen molar-refractivity contribution < 1.29 is 54.5 Å². The number of rotatable bonds is 8. The van der Waals surface area contributed by atoms with E-state index >= 15 is 0 Å². The number of carbonyl (C=O) groups is 3. The highest BCUT2D eigenvalue weighted by Gasteiger charge is 2.61. The average Bonchev–Trinajstić information content (AvgIpc) is 2.56. The molecule has 144 valence electrons. The SMILES string of the molecule is CC(=O)N[C@@H]1[C@@H](O)[C@@H](O)[C@](OCC=O)(C(=O)O)O[C@H]1[C@H](O)[C@H](O)CO. The summed E-state index contributed by atoms with van der Waals surface area (Å²) in [6.07, 6.45) is -9.68. The van der Waals surface area contributed by atoms with Gasteiger partial charge in [0.05, 0.1) is 12.6 Å². The fourth-order valence-electron chi connectivity index (χ4n) is 2.49. The first-order valence-electron chi connectivity index (χ1n) is 7.21. The standard InChI is InChI=1S/C13H21NO11/c1-5(17)14-7-9(20)11(21)13(12(22)23,24-3-2-15)25-10(7)8(19)6(18)4-16/h2,6-11,16,18-21H,3-4H2,1H3,(H,14,17)(H,22,23)/t6-,7-,8-,9-,10-,11-,13-/m1/s1. The third-order valence-corrected chi connectivity index (χ3v) is 3.70. The molecule has 0 aliphatic carbocycles. The Morgan fingerprint density at radius 1 is 1.36 bits per heavy atom. The molecular weight excluding hydrogens is 346 g/mol. The summed E-state index contributed by atoms with van der Waals surface area (Å²) in [6.45, 7) is -0.721. The normalized spacial score (nSPS) is 34.8. The lowest BCUT2D eigenvalue weighted by Gasteiger charge is -2.48. The third-order valence-electron chi connectivity index (χ3n) is 3.70. The van der Waals surface area contributed by atoms with E-state index in [0.29, 0.717) is 0 Å². The molecule has 1 aliphatic heterocycles. The van der Waals surface area contributed by atoms with Crippen LogP contribution in [0, 0.1) is 0 Å². The number of nitrogens with one attached hydrogen (secondary N) is 1. The molecule has 7 N–H and O–H groups in total. The number of hydrogen-bond donors (Lipinski definition) is 7. The predicted molar refractivity (Wildman–Crippen MR) is 76.0 cm³/mol. The second-order valence-electron chi connectivity index (χ2n) is 5.44. The fourth-order valence-corrected chi connectivity index (χ4v) is 2.49. The number of aliphatic hydroxyl groups is 5. The number of ether oxygens (including phenoxy) is 2. The van der Waals surface area contributed by atoms with Gasteiger partial charge in [-0.3, -0.25) is 4.79 Å². The minimum Gasteiger partial charge on any atom is -0.477 e. The Balaban J connectivity index is 3.32. The van der Waals surface area contributed by atoms with Gasteiger partial charge in [-0.2, -0.15) is 0 Å². The van der Waals surface area contributed by atoms with E-state index in [4.69, 9.17) is 14.6 Å². The predicted octanol–water partition coefficient (Wildman–Crippen LogP) is -4.68. The largest absolute Gasteiger partial charge is 0.477 e. The summed E-state index contributed by atoms with van der Waals surface area (Å²) < 4.78 is 9.84. The zero-order valence-electron chi connectivity index (χ0n) is 13.2. The van der Waals surface area contributed by atoms with Crippen LogP contribution in [0.4, 0.5) is 0 Å². The highest BCUT2D eigenvalue weighted by atomic mass is 16.7. The summed E-state index contributed by atoms with van der Waals surface area (Å²) in [6, 6.07) is -1.55. The number of aliphatic hydroxyl groups excluding tert-OH is 5. The van der Waals surface area contributed by atoms with E-state index < -0.39 is 67.4 Å². The van der Waals surface area contributed by atoms with Gasteiger partial charge in [0.1, 0.15) is 43.4 Å². The third kappa shape index (κ3) is 4.30. The van der Waals surface area contributed by atoms with Crippen LogP contribution in [0.25, 0.3) is 0 Å². The first kappa shape index (κ1) is 21.4. The maximum atomic E-state index is 11.6. The smallest absolute Gasteiger partial charge is 0.367 e. The van der Waals surface area contributed by atoms with Crippen molar-refractivity contribution in [1.82, 2.24) is 5.32 Å². The van der Waals surface area contributed by atoms with E-state index in [9.17, 15) is 39.9 Å². The number of carboxylic acid groups (broad SMARTS) is 1. The summed E-state index contributed by atoms with van der Waals surface area (Å²) in [4.78, 5) is 33.3. The highest BCUT2D eigenvalue weighted by Crippen LogP contribution is 2.33. The molecular formula is C13H21NO11. The molecule has 0 aromatic rings. The van der Waals surface area contributed by atoms with E-state index in [-0.39, 0.29) is 6.29 Å². The lowest BCUT2D eigenvalue weighted by molar-refractivity contribution is -0.344. The summed E-state index contributed by atoms with van der Waals surface area (Å²) in [5.74, 6) is -5.58. The number of amides is 1. The van der Waals surface area contributed by atoms with E-state index in [0.717, 1.165) is 6.92 Å². The zero-order valence-corrected chi connectivity index (χ0v) is 13.2. The van der Waals surface area contributed by atoms with Gasteiger partial charge in [-0.25, -0.2) is 4.79 Å². The maximum Gasteiger partial charge on any atom is 0.367 e. The van der Waals surface area contributed by atoms with Crippen LogP contribution in [0.2, 0.25) is 0 Å². The molecule has 0 unspecified atom stereocenters. The molecule has 0 aromatic carbocycles. The summed E-state index contributed by atoms with van der Waals surface area (Å²) in [5, 5.41) is 60.4. The first-order chi connectivity index (χ1) is 11.6. The quantitative estimate of drug-likeness (QED) is 0.203. The molecule has 0 saturated carbocycles. The van der Waals surface area contributed by atoms with Crippen LogP contribution in [0.1, 0.15) is 6.92 Å². The van der Waals surface area contributed by atoms with Gasteiger partial charge >= 0.3 is 5.97 Å². The highest BCUT2D eigenvalue weighted by molar-refractivity contribution is 5.78. The summed E-state index contributed by atoms with van der Waals surface area (Å²) in [5.41, 5.74) is 0. The van der Waals surface area contributed by atoms with Crippen molar-refractivity contribution in [3.05, 3.63) is 0 Å². The lowest BCUT2D eigenvalue weighted by atomic mass is 9.86. The van der Waals surface area contributed by atoms with Gasteiger partial charge in [0.2, 0.25) is 5.91 Å². The topological polar surface area (TPSA) is 203 Å². The molecule has 0 bridgehead atoms. The average molecular weight is 367 g/mol. The lowest BCUT2D eigenvalue weighted by Crippen LogP contribution is -2.74. The Kier molecular flexibility index (Phi) is 7.37. The van der Waals surface area contributed by atoms with Crippen LogP contribution in [0.3, 0.4) is 0 Å². The van der Waals surface area contributed by atoms with Crippen LogP contribution >= 0.6 is 0 Å². The molecule has 0 aromatic heterocycles. The Bertz CT molecular complexity index is 500. The van der Waals surface area contributed by atoms with Crippen LogP contribution in [-0.4, -0.2) is 104 Å². The molecule has 1 amide bonds. The molecule has 7 atom stereocenters. The number of carbonyl (C=O) groups excluding carboxylic acids is 2. The molecule has 0 spiro atoms. The zero-order chi connectivity index (χ0) is 19.4. The molecule has 12 heteroatoms. The van der Waals surface area contributed by atoms with E-state index in [1.807, 2.05) is 0 Å². The Hall–Kier alpha value is -1.67. The number of aldehydes is 1. The Labute approximate surface area is 141 Å². The fraction of sp³-hybridized carbons (Fsp3) is 0.769. The van der Waals surface area contributed by atoms with Crippen LogP contribution in [-0.2, 0) is 23.9 Å². The number of carboxylic acids is 1. The first-order valence-corrected chi connectivity index (χ1v) is 7.21. The monoisotopic (exact) mass is 367 g/mol. The van der Waals surface area contributed by atoms with E-state index in [1.54, 1.807) is 0 Å². The molecule has 25 heavy (non-hydrogen) atoms. The summed E-state index contributed by atoms with van der Waals surface area (Å²) >= 11 is 0. The summed E-state index contributed by atoms with van der Waals surface area (Å²) in [7, 11) is 0. The van der Waals surface area contributed by atoms with Crippen molar-refractivity contribution in [1.29, 1.82) is 0 Å². The Morgan fingerprint density at radius 2 is 1.96 bits per heavy atom. The van der Waals surface area contributed by atoms with Gasteiger partial charge in [0, 0.05) is 6.92 Å². The molecule has 1 rings (SSSR count). The van der Waals surface area contributed by atoms with Crippen LogP contribution in [0.15, 0.2) is 0 Å². The van der Waals surface area contributed by atoms with Gasteiger partial charge in [0.25, 0.3) is 5.79 Å². The molecule has 1 saturated heterocycles. The second kappa shape index (κ2) is 8.62. The molecule has 12 nitrogen and oxygen atoms in total. The van der Waals surface area contributed by atoms with Crippen LogP contribution < -0.4 is 5.32 Å². The minimum atomic E-state index is -2.95. The minimum absolute atomic E-state index is 0.168. The van der Waals surface area contributed by atoms with Crippen molar-refractivity contribution in [2.75, 3.05) is 13.2 Å². The number of hydrogen-bond acceptors (Lipinski definition) is 10. The van der Waals surface area contributed by atoms with Crippen molar-refractivity contribution in [3.63, 3.8) is 0 Å². The van der Waals surface area contributed by atoms with E-state index in [2.05, 4.69) is 5.32 Å². The van der Waals surface area contributed by atoms with Gasteiger partial charge < -0.3 is 50.2 Å². The molecule has 1 heterocycles. The second-order valence-corrected chi connectivity index (χ2v) is 5.44. The van der Waals surface area contributed by atoms with Crippen molar-refractivity contribution in [2.45, 2.75) is 49.3 Å². The Morgan fingerprint density at radius 3 is 2.40 bits per heavy atom. The number of aliphatic carboxylic acids is 1. The van der Waals surface area contributed by atoms with E-state index in [1.165, 1.54) is 0 Å². The molecule has 1 aliphatic rings. The van der Waals surface area contributed by atoms with Gasteiger partial charge in [-0.1, -0.05) is 0 Å². The van der Waals surface area contributed by atoms with Crippen molar-refractivity contribution >= 4 is 18.2 Å². The molecule has 1 fully saturated rings. The van der Waals surface area contributed by atoms with Crippen LogP contribution in [0.5, 0.6) is 0 Å². The van der Waals surface area contributed by atoms with Gasteiger partial charge in [0.15, 0.2) is 0 Å². The molecule has 0 radical (unpaired) electrons.